The van der Waals surface area contributed by atoms with Gasteiger partial charge in [-0.05, 0) is 61.1 Å². The average molecular weight is 487 g/mol. The molecular formula is C26H26N6O4. The van der Waals surface area contributed by atoms with Crippen molar-refractivity contribution in [3.05, 3.63) is 69.8 Å². The topological polar surface area (TPSA) is 113 Å². The number of nitrogens with one attached hydrogen (secondary N) is 1. The van der Waals surface area contributed by atoms with Gasteiger partial charge in [-0.25, -0.2) is 4.98 Å². The van der Waals surface area contributed by atoms with Gasteiger partial charge in [-0.3, -0.25) is 9.36 Å². The zero-order chi connectivity index (χ0) is 24.5. The van der Waals surface area contributed by atoms with Crippen LogP contribution in [0, 0.1) is 5.92 Å². The number of nitrogens with zero attached hydrogens (tertiary/aromatic N) is 5. The van der Waals surface area contributed by atoms with Gasteiger partial charge in [0.15, 0.2) is 11.4 Å². The molecule has 6 rings (SSSR count). The number of hydrogen-bond donors (Lipinski definition) is 1. The summed E-state index contributed by atoms with van der Waals surface area (Å²) in [5.74, 6) is 2.08. The van der Waals surface area contributed by atoms with Crippen molar-refractivity contribution in [2.45, 2.75) is 25.8 Å². The number of benzene rings is 1. The number of methoxy groups -OCH3 is 1. The lowest BCUT2D eigenvalue weighted by Crippen LogP contribution is -2.28. The number of rotatable bonds is 6. The predicted molar refractivity (Wildman–Crippen MR) is 132 cm³/mol. The van der Waals surface area contributed by atoms with Crippen LogP contribution in [-0.4, -0.2) is 51.6 Å². The van der Waals surface area contributed by atoms with Crippen LogP contribution in [0.2, 0.25) is 0 Å². The maximum absolute atomic E-state index is 12.8. The summed E-state index contributed by atoms with van der Waals surface area (Å²) in [6.45, 7) is 2.55. The Balaban J connectivity index is 1.15. The second-order valence-electron chi connectivity index (χ2n) is 9.02. The maximum Gasteiger partial charge on any atom is 0.276 e. The summed E-state index contributed by atoms with van der Waals surface area (Å²) in [5, 5.41) is 11.8. The molecule has 4 aromatic rings. The second kappa shape index (κ2) is 9.54. The summed E-state index contributed by atoms with van der Waals surface area (Å²) in [5.41, 5.74) is 5.11. The third-order valence-corrected chi connectivity index (χ3v) is 6.66. The Morgan fingerprint density at radius 1 is 1.11 bits per heavy atom. The van der Waals surface area contributed by atoms with Crippen LogP contribution in [0.4, 0.5) is 0 Å². The molecule has 184 valence electrons. The van der Waals surface area contributed by atoms with Crippen molar-refractivity contribution in [1.29, 1.82) is 0 Å². The Morgan fingerprint density at radius 2 is 2.03 bits per heavy atom. The molecule has 0 bridgehead atoms. The van der Waals surface area contributed by atoms with E-state index in [2.05, 4.69) is 37.6 Å². The van der Waals surface area contributed by atoms with E-state index in [4.69, 9.17) is 14.2 Å². The highest BCUT2D eigenvalue weighted by Crippen LogP contribution is 2.29. The minimum atomic E-state index is -0.219. The van der Waals surface area contributed by atoms with Gasteiger partial charge in [0.2, 0.25) is 5.88 Å². The van der Waals surface area contributed by atoms with Crippen molar-refractivity contribution in [1.82, 2.24) is 30.0 Å². The first-order valence-electron chi connectivity index (χ1n) is 12.1. The highest BCUT2D eigenvalue weighted by molar-refractivity contribution is 5.72. The average Bonchev–Trinajstić information content (AvgIpc) is 2.92. The van der Waals surface area contributed by atoms with E-state index in [0.717, 1.165) is 37.2 Å². The summed E-state index contributed by atoms with van der Waals surface area (Å²) in [6.07, 6.45) is 4.33. The van der Waals surface area contributed by atoms with Crippen molar-refractivity contribution >= 4 is 11.2 Å². The van der Waals surface area contributed by atoms with Crippen LogP contribution < -0.4 is 25.1 Å². The summed E-state index contributed by atoms with van der Waals surface area (Å²) >= 11 is 0. The molecule has 0 fully saturated rings. The Kier molecular flexibility index (Phi) is 5.94. The first kappa shape index (κ1) is 22.4. The summed E-state index contributed by atoms with van der Waals surface area (Å²) in [6, 6.07) is 11.7. The summed E-state index contributed by atoms with van der Waals surface area (Å²) in [7, 11) is 1.56. The smallest absolute Gasteiger partial charge is 0.276 e. The van der Waals surface area contributed by atoms with Crippen LogP contribution >= 0.6 is 0 Å². The molecule has 0 spiro atoms. The lowest BCUT2D eigenvalue weighted by atomic mass is 9.83. The van der Waals surface area contributed by atoms with Crippen LogP contribution in [0.5, 0.6) is 17.5 Å². The van der Waals surface area contributed by atoms with E-state index >= 15 is 0 Å². The Labute approximate surface area is 207 Å². The number of aromatic nitrogens is 5. The molecule has 4 heterocycles. The molecule has 0 saturated heterocycles. The summed E-state index contributed by atoms with van der Waals surface area (Å²) < 4.78 is 17.9. The van der Waals surface area contributed by atoms with Crippen LogP contribution in [0.15, 0.2) is 47.4 Å². The van der Waals surface area contributed by atoms with Gasteiger partial charge in [0.05, 0.1) is 24.7 Å². The zero-order valence-electron chi connectivity index (χ0n) is 19.9. The highest BCUT2D eigenvalue weighted by atomic mass is 16.6. The SMILES string of the molecule is COc1ccc2ncc(=O)n(-c3ccc4c(c3)CCC(CNCc3cc5c(nn3)OCCO5)C4)c2n1. The van der Waals surface area contributed by atoms with Gasteiger partial charge in [-0.15, -0.1) is 5.10 Å². The van der Waals surface area contributed by atoms with E-state index < -0.39 is 0 Å². The van der Waals surface area contributed by atoms with Gasteiger partial charge < -0.3 is 19.5 Å². The fourth-order valence-electron chi connectivity index (χ4n) is 4.85. The monoisotopic (exact) mass is 486 g/mol. The number of fused-ring (bicyclic) bond motifs is 3. The highest BCUT2D eigenvalue weighted by Gasteiger charge is 2.20. The Bertz CT molecular complexity index is 1490. The minimum absolute atomic E-state index is 0.219. The molecule has 1 aliphatic heterocycles. The molecule has 0 amide bonds. The lowest BCUT2D eigenvalue weighted by Gasteiger charge is -2.25. The molecule has 3 aromatic heterocycles. The fraction of sp³-hybridized carbons (Fsp3) is 0.346. The fourth-order valence-corrected chi connectivity index (χ4v) is 4.85. The molecule has 2 aliphatic rings. The predicted octanol–water partition coefficient (Wildman–Crippen LogP) is 2.25. The first-order valence-corrected chi connectivity index (χ1v) is 12.1. The molecular weight excluding hydrogens is 460 g/mol. The largest absolute Gasteiger partial charge is 0.484 e. The third-order valence-electron chi connectivity index (χ3n) is 6.66. The maximum atomic E-state index is 12.8. The van der Waals surface area contributed by atoms with E-state index in [1.54, 1.807) is 17.7 Å². The third kappa shape index (κ3) is 4.35. The Hall–Kier alpha value is -4.05. The van der Waals surface area contributed by atoms with Crippen molar-refractivity contribution in [3.8, 4) is 23.2 Å². The van der Waals surface area contributed by atoms with E-state index in [-0.39, 0.29) is 5.56 Å². The molecule has 1 N–H and O–H groups in total. The number of pyridine rings is 1. The van der Waals surface area contributed by atoms with Gasteiger partial charge >= 0.3 is 0 Å². The van der Waals surface area contributed by atoms with E-state index in [0.29, 0.717) is 54.3 Å². The minimum Gasteiger partial charge on any atom is -0.484 e. The molecule has 1 aromatic carbocycles. The van der Waals surface area contributed by atoms with Crippen LogP contribution in [0.3, 0.4) is 0 Å². The van der Waals surface area contributed by atoms with Crippen LogP contribution in [-0.2, 0) is 19.4 Å². The first-order chi connectivity index (χ1) is 17.7. The normalized spacial score (nSPS) is 16.5. The zero-order valence-corrected chi connectivity index (χ0v) is 19.9. The van der Waals surface area contributed by atoms with Crippen molar-refractivity contribution < 1.29 is 14.2 Å². The van der Waals surface area contributed by atoms with Crippen LogP contribution in [0.25, 0.3) is 16.9 Å². The number of ether oxygens (including phenoxy) is 3. The molecule has 1 unspecified atom stereocenters. The van der Waals surface area contributed by atoms with Gasteiger partial charge in [-0.1, -0.05) is 6.07 Å². The molecule has 1 aliphatic carbocycles. The number of hydrogen-bond acceptors (Lipinski definition) is 9. The molecule has 10 heteroatoms. The van der Waals surface area contributed by atoms with Crippen molar-refractivity contribution in [2.24, 2.45) is 5.92 Å². The molecule has 0 saturated carbocycles. The van der Waals surface area contributed by atoms with Gasteiger partial charge in [0, 0.05) is 18.7 Å². The van der Waals surface area contributed by atoms with Crippen molar-refractivity contribution in [3.63, 3.8) is 0 Å². The van der Waals surface area contributed by atoms with Gasteiger partial charge in [0.25, 0.3) is 11.4 Å². The molecule has 36 heavy (non-hydrogen) atoms. The van der Waals surface area contributed by atoms with E-state index in [9.17, 15) is 4.79 Å². The van der Waals surface area contributed by atoms with Crippen LogP contribution in [0.1, 0.15) is 23.2 Å². The number of aryl methyl sites for hydroxylation is 1. The molecule has 10 nitrogen and oxygen atoms in total. The Morgan fingerprint density at radius 3 is 2.94 bits per heavy atom. The lowest BCUT2D eigenvalue weighted by molar-refractivity contribution is 0.161. The van der Waals surface area contributed by atoms with E-state index in [1.807, 2.05) is 18.2 Å². The van der Waals surface area contributed by atoms with Crippen molar-refractivity contribution in [2.75, 3.05) is 26.9 Å². The second-order valence-corrected chi connectivity index (χ2v) is 9.02. The van der Waals surface area contributed by atoms with Gasteiger partial charge in [0.1, 0.15) is 18.7 Å². The van der Waals surface area contributed by atoms with E-state index in [1.165, 1.54) is 17.3 Å². The van der Waals surface area contributed by atoms with Gasteiger partial charge in [-0.2, -0.15) is 10.1 Å². The quantitative estimate of drug-likeness (QED) is 0.438. The molecule has 0 radical (unpaired) electrons. The standard InChI is InChI=1S/C26H26N6O4/c1-34-23-7-6-21-25(29-23)32(24(33)15-28-21)20-5-4-17-10-16(2-3-18(17)11-20)13-27-14-19-12-22-26(31-30-19)36-9-8-35-22/h4-7,11-12,15-16,27H,2-3,8-10,13-14H2,1H3. The summed E-state index contributed by atoms with van der Waals surface area (Å²) in [4.78, 5) is 21.5. The molecule has 1 atom stereocenters.